The van der Waals surface area contributed by atoms with Gasteiger partial charge in [0.25, 0.3) is 0 Å². The van der Waals surface area contributed by atoms with Crippen LogP contribution in [0.4, 0.5) is 0 Å². The molecule has 0 aliphatic carbocycles. The van der Waals surface area contributed by atoms with Crippen molar-refractivity contribution in [2.45, 2.75) is 58.2 Å². The molecule has 0 bridgehead atoms. The molecule has 0 saturated carbocycles. The number of hydrogen-bond donors (Lipinski definition) is 1. The van der Waals surface area contributed by atoms with E-state index in [1.54, 1.807) is 11.3 Å². The number of rotatable bonds is 6. The summed E-state index contributed by atoms with van der Waals surface area (Å²) in [6.45, 7) is 7.96. The van der Waals surface area contributed by atoms with Crippen LogP contribution in [0.5, 0.6) is 0 Å². The Morgan fingerprint density at radius 1 is 1.23 bits per heavy atom. The molecule has 0 spiro atoms. The van der Waals surface area contributed by atoms with Gasteiger partial charge in [-0.2, -0.15) is 4.98 Å². The van der Waals surface area contributed by atoms with Crippen LogP contribution in [0.3, 0.4) is 0 Å². The minimum Gasteiger partial charge on any atom is -0.354 e. The molecule has 3 aromatic rings. The summed E-state index contributed by atoms with van der Waals surface area (Å²) in [5.74, 6) is 1.29. The van der Waals surface area contributed by atoms with Crippen LogP contribution in [-0.2, 0) is 36.1 Å². The van der Waals surface area contributed by atoms with Crippen LogP contribution in [0.1, 0.15) is 48.5 Å². The van der Waals surface area contributed by atoms with E-state index in [0.29, 0.717) is 37.8 Å². The average Bonchev–Trinajstić information content (AvgIpc) is 3.39. The first-order chi connectivity index (χ1) is 14.4. The van der Waals surface area contributed by atoms with E-state index >= 15 is 0 Å². The number of aromatic nitrogens is 2. The summed E-state index contributed by atoms with van der Waals surface area (Å²) < 4.78 is 5.51. The summed E-state index contributed by atoms with van der Waals surface area (Å²) in [6.07, 6.45) is 1.53. The summed E-state index contributed by atoms with van der Waals surface area (Å²) in [6, 6.07) is 12.2. The van der Waals surface area contributed by atoms with E-state index in [1.807, 2.05) is 18.2 Å². The Labute approximate surface area is 181 Å². The van der Waals surface area contributed by atoms with Crippen molar-refractivity contribution >= 4 is 17.2 Å². The predicted octanol–water partition coefficient (Wildman–Crippen LogP) is 3.71. The third-order valence-corrected chi connectivity index (χ3v) is 6.31. The van der Waals surface area contributed by atoms with Crippen molar-refractivity contribution in [2.24, 2.45) is 0 Å². The maximum Gasteiger partial charge on any atom is 0.240 e. The van der Waals surface area contributed by atoms with Crippen molar-refractivity contribution in [3.8, 4) is 0 Å². The standard InChI is InChI=1S/C23H28N4O2S/c1-23(2,3)22-25-20(29-26-22)15-27-14-17-8-5-4-7-16(17)13-19(27)21(28)24-11-10-18-9-6-12-30-18/h4-9,12,19H,10-11,13-15H2,1-3H3,(H,24,28). The van der Waals surface area contributed by atoms with E-state index in [-0.39, 0.29) is 17.4 Å². The molecule has 1 unspecified atom stereocenters. The van der Waals surface area contributed by atoms with Crippen LogP contribution in [-0.4, -0.2) is 33.5 Å². The fraction of sp³-hybridized carbons (Fsp3) is 0.435. The first kappa shape index (κ1) is 20.8. The van der Waals surface area contributed by atoms with Gasteiger partial charge in [-0.1, -0.05) is 56.3 Å². The van der Waals surface area contributed by atoms with Crippen LogP contribution >= 0.6 is 11.3 Å². The Bertz CT molecular complexity index is 991. The van der Waals surface area contributed by atoms with Crippen molar-refractivity contribution in [3.63, 3.8) is 0 Å². The van der Waals surface area contributed by atoms with E-state index in [1.165, 1.54) is 16.0 Å². The van der Waals surface area contributed by atoms with Crippen LogP contribution in [0.15, 0.2) is 46.3 Å². The number of thiophene rings is 1. The molecule has 1 N–H and O–H groups in total. The van der Waals surface area contributed by atoms with Crippen molar-refractivity contribution < 1.29 is 9.32 Å². The molecule has 0 fully saturated rings. The molecular weight excluding hydrogens is 396 g/mol. The van der Waals surface area contributed by atoms with Crippen molar-refractivity contribution in [2.75, 3.05) is 6.54 Å². The van der Waals surface area contributed by atoms with Gasteiger partial charge < -0.3 is 9.84 Å². The maximum atomic E-state index is 13.1. The molecule has 1 amide bonds. The summed E-state index contributed by atoms with van der Waals surface area (Å²) >= 11 is 1.72. The number of amides is 1. The number of nitrogens with zero attached hydrogens (tertiary/aromatic N) is 3. The molecule has 6 nitrogen and oxygen atoms in total. The Hall–Kier alpha value is -2.51. The highest BCUT2D eigenvalue weighted by Crippen LogP contribution is 2.26. The van der Waals surface area contributed by atoms with Gasteiger partial charge in [0.1, 0.15) is 0 Å². The second-order valence-electron chi connectivity index (χ2n) is 8.78. The van der Waals surface area contributed by atoms with Gasteiger partial charge >= 0.3 is 0 Å². The molecule has 30 heavy (non-hydrogen) atoms. The minimum atomic E-state index is -0.256. The van der Waals surface area contributed by atoms with Crippen molar-refractivity contribution in [1.29, 1.82) is 0 Å². The molecule has 1 aliphatic heterocycles. The van der Waals surface area contributed by atoms with Gasteiger partial charge in [0, 0.05) is 23.4 Å². The maximum absolute atomic E-state index is 13.1. The summed E-state index contributed by atoms with van der Waals surface area (Å²) in [4.78, 5) is 21.1. The Kier molecular flexibility index (Phi) is 6.01. The van der Waals surface area contributed by atoms with Crippen LogP contribution < -0.4 is 5.32 Å². The van der Waals surface area contributed by atoms with Gasteiger partial charge in [0.05, 0.1) is 12.6 Å². The third kappa shape index (κ3) is 4.79. The molecule has 1 aromatic carbocycles. The van der Waals surface area contributed by atoms with Crippen molar-refractivity contribution in [3.05, 3.63) is 69.5 Å². The first-order valence-electron chi connectivity index (χ1n) is 10.3. The largest absolute Gasteiger partial charge is 0.354 e. The predicted molar refractivity (Wildman–Crippen MR) is 117 cm³/mol. The monoisotopic (exact) mass is 424 g/mol. The summed E-state index contributed by atoms with van der Waals surface area (Å²) in [7, 11) is 0. The van der Waals surface area contributed by atoms with Gasteiger partial charge in [-0.25, -0.2) is 0 Å². The molecule has 0 radical (unpaired) electrons. The number of carbonyl (C=O) groups is 1. The molecule has 7 heteroatoms. The third-order valence-electron chi connectivity index (χ3n) is 5.38. The topological polar surface area (TPSA) is 71.3 Å². The lowest BCUT2D eigenvalue weighted by Gasteiger charge is -2.35. The van der Waals surface area contributed by atoms with E-state index in [9.17, 15) is 4.79 Å². The molecule has 1 atom stereocenters. The highest BCUT2D eigenvalue weighted by Gasteiger charge is 2.33. The van der Waals surface area contributed by atoms with Crippen molar-refractivity contribution in [1.82, 2.24) is 20.4 Å². The highest BCUT2D eigenvalue weighted by atomic mass is 32.1. The fourth-order valence-electron chi connectivity index (χ4n) is 3.68. The van der Waals surface area contributed by atoms with E-state index in [0.717, 1.165) is 6.42 Å². The number of nitrogens with one attached hydrogen (secondary N) is 1. The van der Waals surface area contributed by atoms with E-state index in [2.05, 4.69) is 64.7 Å². The molecule has 2 aromatic heterocycles. The Balaban J connectivity index is 1.48. The van der Waals surface area contributed by atoms with Gasteiger partial charge in [-0.3, -0.25) is 9.69 Å². The summed E-state index contributed by atoms with van der Waals surface area (Å²) in [5, 5.41) is 9.32. The molecule has 158 valence electrons. The lowest BCUT2D eigenvalue weighted by atomic mass is 9.93. The van der Waals surface area contributed by atoms with Crippen LogP contribution in [0.25, 0.3) is 0 Å². The average molecular weight is 425 g/mol. The number of fused-ring (bicyclic) bond motifs is 1. The molecule has 0 saturated heterocycles. The number of hydrogen-bond acceptors (Lipinski definition) is 6. The SMILES string of the molecule is CC(C)(C)c1noc(CN2Cc3ccccc3CC2C(=O)NCCc2cccs2)n1. The van der Waals surface area contributed by atoms with Gasteiger partial charge in [-0.15, -0.1) is 11.3 Å². The van der Waals surface area contributed by atoms with Gasteiger partial charge in [0.2, 0.25) is 11.8 Å². The molecular formula is C23H28N4O2S. The lowest BCUT2D eigenvalue weighted by Crippen LogP contribution is -2.50. The van der Waals surface area contributed by atoms with E-state index < -0.39 is 0 Å². The highest BCUT2D eigenvalue weighted by molar-refractivity contribution is 7.09. The van der Waals surface area contributed by atoms with Crippen LogP contribution in [0, 0.1) is 0 Å². The first-order valence-corrected chi connectivity index (χ1v) is 11.2. The quantitative estimate of drug-likeness (QED) is 0.653. The molecule has 1 aliphatic rings. The lowest BCUT2D eigenvalue weighted by molar-refractivity contribution is -0.127. The Morgan fingerprint density at radius 3 is 2.73 bits per heavy atom. The normalized spacial score (nSPS) is 17.0. The number of benzene rings is 1. The smallest absolute Gasteiger partial charge is 0.240 e. The minimum absolute atomic E-state index is 0.0524. The zero-order valence-electron chi connectivity index (χ0n) is 17.7. The molecule has 3 heterocycles. The van der Waals surface area contributed by atoms with E-state index in [4.69, 9.17) is 4.52 Å². The number of carbonyl (C=O) groups excluding carboxylic acids is 1. The molecule has 4 rings (SSSR count). The second kappa shape index (κ2) is 8.70. The summed E-state index contributed by atoms with van der Waals surface area (Å²) in [5.41, 5.74) is 2.30. The fourth-order valence-corrected chi connectivity index (χ4v) is 4.39. The van der Waals surface area contributed by atoms with Gasteiger partial charge in [-0.05, 0) is 35.4 Å². The zero-order valence-corrected chi connectivity index (χ0v) is 18.5. The van der Waals surface area contributed by atoms with Gasteiger partial charge in [0.15, 0.2) is 5.82 Å². The van der Waals surface area contributed by atoms with Crippen LogP contribution in [0.2, 0.25) is 0 Å². The second-order valence-corrected chi connectivity index (χ2v) is 9.81. The Morgan fingerprint density at radius 2 is 2.03 bits per heavy atom. The zero-order chi connectivity index (χ0) is 21.1.